The molecule has 3 heteroatoms. The van der Waals surface area contributed by atoms with Crippen molar-refractivity contribution in [2.75, 3.05) is 6.54 Å². The Morgan fingerprint density at radius 2 is 2.00 bits per heavy atom. The zero-order chi connectivity index (χ0) is 11.7. The van der Waals surface area contributed by atoms with Crippen LogP contribution in [-0.4, -0.2) is 11.5 Å². The van der Waals surface area contributed by atoms with Crippen LogP contribution in [0.25, 0.3) is 10.9 Å². The second-order valence-electron chi connectivity index (χ2n) is 4.21. The first-order valence-corrected chi connectivity index (χ1v) is 5.45. The van der Waals surface area contributed by atoms with Crippen molar-refractivity contribution in [1.29, 1.82) is 0 Å². The summed E-state index contributed by atoms with van der Waals surface area (Å²) in [7, 11) is 0. The Balaban J connectivity index is 2.74. The number of rotatable bonds is 2. The maximum Gasteiger partial charge on any atom is 0.251 e. The van der Waals surface area contributed by atoms with Crippen LogP contribution in [0.4, 0.5) is 0 Å². The molecule has 0 aliphatic rings. The Labute approximate surface area is 94.3 Å². The number of nitrogens with one attached hydrogen (secondary N) is 1. The van der Waals surface area contributed by atoms with Gasteiger partial charge in [0.2, 0.25) is 0 Å². The molecule has 0 radical (unpaired) electrons. The highest BCUT2D eigenvalue weighted by molar-refractivity contribution is 5.83. The molecule has 2 rings (SSSR count). The zero-order valence-corrected chi connectivity index (χ0v) is 9.63. The predicted molar refractivity (Wildman–Crippen MR) is 66.8 cm³/mol. The Kier molecular flexibility index (Phi) is 2.79. The number of hydrogen-bond donors (Lipinski definition) is 2. The molecular formula is C13H16N2O. The molecule has 0 fully saturated rings. The van der Waals surface area contributed by atoms with E-state index in [0.717, 1.165) is 22.0 Å². The van der Waals surface area contributed by atoms with Gasteiger partial charge in [0.05, 0.1) is 0 Å². The predicted octanol–water partition coefficient (Wildman–Crippen LogP) is 1.65. The quantitative estimate of drug-likeness (QED) is 0.801. The van der Waals surface area contributed by atoms with Gasteiger partial charge in [0.25, 0.3) is 5.56 Å². The molecule has 0 saturated carbocycles. The van der Waals surface area contributed by atoms with E-state index in [-0.39, 0.29) is 5.56 Å². The summed E-state index contributed by atoms with van der Waals surface area (Å²) < 4.78 is 0. The van der Waals surface area contributed by atoms with E-state index in [1.807, 2.05) is 19.1 Å². The molecule has 0 aliphatic heterocycles. The second-order valence-corrected chi connectivity index (χ2v) is 4.21. The van der Waals surface area contributed by atoms with E-state index >= 15 is 0 Å². The summed E-state index contributed by atoms with van der Waals surface area (Å²) in [6, 6.07) is 6.07. The number of pyridine rings is 1. The van der Waals surface area contributed by atoms with Crippen LogP contribution < -0.4 is 11.3 Å². The molecule has 1 aromatic carbocycles. The number of fused-ring (bicyclic) bond motifs is 1. The van der Waals surface area contributed by atoms with Crippen molar-refractivity contribution in [1.82, 2.24) is 4.98 Å². The molecular weight excluding hydrogens is 200 g/mol. The van der Waals surface area contributed by atoms with E-state index in [9.17, 15) is 4.79 Å². The minimum absolute atomic E-state index is 0.0250. The summed E-state index contributed by atoms with van der Waals surface area (Å²) in [5.41, 5.74) is 9.47. The first kappa shape index (κ1) is 10.9. The van der Waals surface area contributed by atoms with E-state index in [0.29, 0.717) is 13.0 Å². The van der Waals surface area contributed by atoms with E-state index < -0.39 is 0 Å². The van der Waals surface area contributed by atoms with Gasteiger partial charge in [-0.05, 0) is 50.1 Å². The maximum absolute atomic E-state index is 11.7. The Bertz CT molecular complexity index is 584. The number of hydrogen-bond acceptors (Lipinski definition) is 2. The SMILES string of the molecule is Cc1cc(C)c2cc(CCN)c(=O)[nH]c2c1. The van der Waals surface area contributed by atoms with E-state index in [1.165, 1.54) is 5.56 Å². The first-order valence-electron chi connectivity index (χ1n) is 5.45. The summed E-state index contributed by atoms with van der Waals surface area (Å²) in [6.07, 6.45) is 0.624. The van der Waals surface area contributed by atoms with Gasteiger partial charge in [-0.15, -0.1) is 0 Å². The van der Waals surface area contributed by atoms with Crippen molar-refractivity contribution in [3.05, 3.63) is 45.2 Å². The second kappa shape index (κ2) is 4.10. The van der Waals surface area contributed by atoms with E-state index in [2.05, 4.69) is 18.0 Å². The van der Waals surface area contributed by atoms with Crippen LogP contribution in [0.1, 0.15) is 16.7 Å². The van der Waals surface area contributed by atoms with E-state index in [1.54, 1.807) is 0 Å². The van der Waals surface area contributed by atoms with Gasteiger partial charge in [0.15, 0.2) is 0 Å². The van der Waals surface area contributed by atoms with Crippen LogP contribution in [0.3, 0.4) is 0 Å². The average Bonchev–Trinajstić information content (AvgIpc) is 2.20. The largest absolute Gasteiger partial charge is 0.330 e. The third-order valence-electron chi connectivity index (χ3n) is 2.80. The highest BCUT2D eigenvalue weighted by Gasteiger charge is 2.04. The molecule has 84 valence electrons. The van der Waals surface area contributed by atoms with Crippen molar-refractivity contribution in [3.63, 3.8) is 0 Å². The molecule has 0 unspecified atom stereocenters. The van der Waals surface area contributed by atoms with Gasteiger partial charge in [0.1, 0.15) is 0 Å². The third-order valence-corrected chi connectivity index (χ3v) is 2.80. The monoisotopic (exact) mass is 216 g/mol. The minimum Gasteiger partial charge on any atom is -0.330 e. The number of H-pyrrole nitrogens is 1. The lowest BCUT2D eigenvalue weighted by Crippen LogP contribution is -2.16. The molecule has 16 heavy (non-hydrogen) atoms. The number of benzene rings is 1. The fourth-order valence-electron chi connectivity index (χ4n) is 2.06. The van der Waals surface area contributed by atoms with Crippen LogP contribution in [0, 0.1) is 13.8 Å². The maximum atomic E-state index is 11.7. The van der Waals surface area contributed by atoms with Crippen LogP contribution in [0.2, 0.25) is 0 Å². The molecule has 0 bridgehead atoms. The molecule has 3 nitrogen and oxygen atoms in total. The number of aromatic nitrogens is 1. The zero-order valence-electron chi connectivity index (χ0n) is 9.63. The molecule has 0 aliphatic carbocycles. The van der Waals surface area contributed by atoms with Crippen LogP contribution in [0.15, 0.2) is 23.0 Å². The number of aromatic amines is 1. The summed E-state index contributed by atoms with van der Waals surface area (Å²) in [6.45, 7) is 4.58. The Morgan fingerprint density at radius 3 is 2.69 bits per heavy atom. The number of nitrogens with two attached hydrogens (primary N) is 1. The third kappa shape index (κ3) is 1.86. The van der Waals surface area contributed by atoms with Crippen molar-refractivity contribution in [2.45, 2.75) is 20.3 Å². The molecule has 1 aromatic heterocycles. The normalized spacial score (nSPS) is 10.9. The standard InChI is InChI=1S/C13H16N2O/c1-8-5-9(2)11-7-10(3-4-14)13(16)15-12(11)6-8/h5-7H,3-4,14H2,1-2H3,(H,15,16). The Morgan fingerprint density at radius 1 is 1.25 bits per heavy atom. The highest BCUT2D eigenvalue weighted by Crippen LogP contribution is 2.18. The molecule has 1 heterocycles. The van der Waals surface area contributed by atoms with Crippen LogP contribution in [0.5, 0.6) is 0 Å². The lowest BCUT2D eigenvalue weighted by molar-refractivity contribution is 0.948. The lowest BCUT2D eigenvalue weighted by Gasteiger charge is -2.06. The van der Waals surface area contributed by atoms with Gasteiger partial charge in [0, 0.05) is 16.5 Å². The van der Waals surface area contributed by atoms with Crippen molar-refractivity contribution >= 4 is 10.9 Å². The smallest absolute Gasteiger partial charge is 0.251 e. The van der Waals surface area contributed by atoms with Gasteiger partial charge in [-0.1, -0.05) is 6.07 Å². The minimum atomic E-state index is -0.0250. The molecule has 3 N–H and O–H groups in total. The molecule has 0 amide bonds. The van der Waals surface area contributed by atoms with Crippen LogP contribution in [-0.2, 0) is 6.42 Å². The van der Waals surface area contributed by atoms with Crippen molar-refractivity contribution in [3.8, 4) is 0 Å². The van der Waals surface area contributed by atoms with Crippen molar-refractivity contribution in [2.24, 2.45) is 5.73 Å². The Hall–Kier alpha value is -1.61. The van der Waals surface area contributed by atoms with Gasteiger partial charge in [-0.3, -0.25) is 4.79 Å². The van der Waals surface area contributed by atoms with Gasteiger partial charge in [-0.2, -0.15) is 0 Å². The summed E-state index contributed by atoms with van der Waals surface area (Å²) in [5, 5.41) is 1.11. The molecule has 0 spiro atoms. The van der Waals surface area contributed by atoms with Gasteiger partial charge < -0.3 is 10.7 Å². The van der Waals surface area contributed by atoms with Crippen LogP contribution >= 0.6 is 0 Å². The highest BCUT2D eigenvalue weighted by atomic mass is 16.1. The molecule has 2 aromatic rings. The van der Waals surface area contributed by atoms with Gasteiger partial charge in [-0.25, -0.2) is 0 Å². The summed E-state index contributed by atoms with van der Waals surface area (Å²) in [4.78, 5) is 14.6. The van der Waals surface area contributed by atoms with E-state index in [4.69, 9.17) is 5.73 Å². The first-order chi connectivity index (χ1) is 7.61. The summed E-state index contributed by atoms with van der Waals surface area (Å²) in [5.74, 6) is 0. The number of aryl methyl sites for hydroxylation is 2. The van der Waals surface area contributed by atoms with Gasteiger partial charge >= 0.3 is 0 Å². The average molecular weight is 216 g/mol. The lowest BCUT2D eigenvalue weighted by atomic mass is 10.0. The molecule has 0 saturated heterocycles. The fourth-order valence-corrected chi connectivity index (χ4v) is 2.06. The summed E-state index contributed by atoms with van der Waals surface area (Å²) >= 11 is 0. The van der Waals surface area contributed by atoms with Crippen molar-refractivity contribution < 1.29 is 0 Å². The fraction of sp³-hybridized carbons (Fsp3) is 0.308. The molecule has 0 atom stereocenters. The topological polar surface area (TPSA) is 58.9 Å².